The molecule has 148 valence electrons. The van der Waals surface area contributed by atoms with Gasteiger partial charge in [-0.05, 0) is 48.0 Å². The number of halogens is 2. The summed E-state index contributed by atoms with van der Waals surface area (Å²) in [5, 5.41) is 7.01. The van der Waals surface area contributed by atoms with Crippen LogP contribution in [0.4, 0.5) is 10.1 Å². The van der Waals surface area contributed by atoms with E-state index in [-0.39, 0.29) is 24.9 Å². The van der Waals surface area contributed by atoms with E-state index in [9.17, 15) is 9.18 Å². The molecule has 0 aliphatic carbocycles. The number of anilines is 1. The fourth-order valence-electron chi connectivity index (χ4n) is 2.40. The second-order valence-corrected chi connectivity index (χ2v) is 6.46. The number of oxime groups is 1. The predicted molar refractivity (Wildman–Crippen MR) is 111 cm³/mol. The predicted octanol–water partition coefficient (Wildman–Crippen LogP) is 5.05. The molecule has 0 atom stereocenters. The zero-order valence-electron chi connectivity index (χ0n) is 15.3. The van der Waals surface area contributed by atoms with Crippen molar-refractivity contribution in [3.63, 3.8) is 0 Å². The third-order valence-corrected chi connectivity index (χ3v) is 4.03. The van der Waals surface area contributed by atoms with E-state index < -0.39 is 0 Å². The summed E-state index contributed by atoms with van der Waals surface area (Å²) in [4.78, 5) is 16.9. The SMILES string of the molecule is O=C(CO/N=C/c1cc(Cl)ccc1OCc1ccc(F)cc1)Nc1ccccc1. The number of hydrogen-bond donors (Lipinski definition) is 1. The summed E-state index contributed by atoms with van der Waals surface area (Å²) in [6, 6.07) is 20.1. The van der Waals surface area contributed by atoms with E-state index in [1.54, 1.807) is 42.5 Å². The Morgan fingerprint density at radius 2 is 1.83 bits per heavy atom. The van der Waals surface area contributed by atoms with Crippen LogP contribution in [-0.2, 0) is 16.2 Å². The Hall–Kier alpha value is -3.38. The van der Waals surface area contributed by atoms with E-state index in [0.29, 0.717) is 22.0 Å². The number of amides is 1. The lowest BCUT2D eigenvalue weighted by Gasteiger charge is -2.09. The first-order valence-corrected chi connectivity index (χ1v) is 9.15. The van der Waals surface area contributed by atoms with Gasteiger partial charge in [0.15, 0.2) is 6.61 Å². The average Bonchev–Trinajstić information content (AvgIpc) is 2.72. The molecule has 29 heavy (non-hydrogen) atoms. The summed E-state index contributed by atoms with van der Waals surface area (Å²) >= 11 is 6.04. The molecule has 0 heterocycles. The minimum absolute atomic E-state index is 0.238. The van der Waals surface area contributed by atoms with Crippen LogP contribution in [0.5, 0.6) is 5.75 Å². The Morgan fingerprint density at radius 1 is 1.07 bits per heavy atom. The van der Waals surface area contributed by atoms with Crippen LogP contribution in [0.2, 0.25) is 5.02 Å². The lowest BCUT2D eigenvalue weighted by molar-refractivity contribution is -0.120. The summed E-state index contributed by atoms with van der Waals surface area (Å²) in [6.07, 6.45) is 1.42. The van der Waals surface area contributed by atoms with Crippen LogP contribution >= 0.6 is 11.6 Å². The summed E-state index contributed by atoms with van der Waals surface area (Å²) in [5.41, 5.74) is 2.08. The lowest BCUT2D eigenvalue weighted by atomic mass is 10.2. The van der Waals surface area contributed by atoms with Crippen molar-refractivity contribution in [3.8, 4) is 5.75 Å². The van der Waals surface area contributed by atoms with E-state index >= 15 is 0 Å². The van der Waals surface area contributed by atoms with Gasteiger partial charge in [0.05, 0.1) is 6.21 Å². The molecule has 0 saturated carbocycles. The third kappa shape index (κ3) is 6.62. The van der Waals surface area contributed by atoms with Crippen molar-refractivity contribution in [2.24, 2.45) is 5.16 Å². The maximum Gasteiger partial charge on any atom is 0.265 e. The Balaban J connectivity index is 1.55. The van der Waals surface area contributed by atoms with Crippen molar-refractivity contribution in [1.82, 2.24) is 0 Å². The molecule has 1 N–H and O–H groups in total. The zero-order valence-corrected chi connectivity index (χ0v) is 16.1. The molecule has 0 bridgehead atoms. The maximum atomic E-state index is 13.0. The van der Waals surface area contributed by atoms with Gasteiger partial charge in [-0.2, -0.15) is 0 Å². The largest absolute Gasteiger partial charge is 0.488 e. The number of rotatable bonds is 8. The van der Waals surface area contributed by atoms with Crippen LogP contribution in [0.1, 0.15) is 11.1 Å². The van der Waals surface area contributed by atoms with E-state index in [1.165, 1.54) is 18.3 Å². The van der Waals surface area contributed by atoms with Gasteiger partial charge < -0.3 is 14.9 Å². The summed E-state index contributed by atoms with van der Waals surface area (Å²) < 4.78 is 18.8. The number of nitrogens with one attached hydrogen (secondary N) is 1. The fraction of sp³-hybridized carbons (Fsp3) is 0.0909. The fourth-order valence-corrected chi connectivity index (χ4v) is 2.58. The maximum absolute atomic E-state index is 13.0. The Bertz CT molecular complexity index is 979. The third-order valence-electron chi connectivity index (χ3n) is 3.80. The number of benzene rings is 3. The highest BCUT2D eigenvalue weighted by Gasteiger charge is 2.05. The highest BCUT2D eigenvalue weighted by Crippen LogP contribution is 2.22. The van der Waals surface area contributed by atoms with Gasteiger partial charge in [-0.25, -0.2) is 4.39 Å². The lowest BCUT2D eigenvalue weighted by Crippen LogP contribution is -2.16. The molecule has 0 saturated heterocycles. The van der Waals surface area contributed by atoms with Crippen molar-refractivity contribution in [2.45, 2.75) is 6.61 Å². The van der Waals surface area contributed by atoms with Crippen LogP contribution in [-0.4, -0.2) is 18.7 Å². The van der Waals surface area contributed by atoms with E-state index in [0.717, 1.165) is 5.56 Å². The van der Waals surface area contributed by atoms with Crippen molar-refractivity contribution in [3.05, 3.63) is 94.8 Å². The highest BCUT2D eigenvalue weighted by molar-refractivity contribution is 6.30. The molecule has 0 radical (unpaired) electrons. The molecule has 0 fully saturated rings. The quantitative estimate of drug-likeness (QED) is 0.416. The molecule has 3 aromatic rings. The van der Waals surface area contributed by atoms with E-state index in [1.807, 2.05) is 18.2 Å². The summed E-state index contributed by atoms with van der Waals surface area (Å²) in [7, 11) is 0. The molecular formula is C22H18ClFN2O3. The van der Waals surface area contributed by atoms with Gasteiger partial charge in [-0.15, -0.1) is 0 Å². The molecule has 0 aliphatic rings. The van der Waals surface area contributed by atoms with Crippen molar-refractivity contribution in [2.75, 3.05) is 11.9 Å². The average molecular weight is 413 g/mol. The normalized spacial score (nSPS) is 10.7. The van der Waals surface area contributed by atoms with Crippen LogP contribution in [0.15, 0.2) is 78.0 Å². The van der Waals surface area contributed by atoms with E-state index in [2.05, 4.69) is 10.5 Å². The van der Waals surface area contributed by atoms with E-state index in [4.69, 9.17) is 21.2 Å². The molecule has 0 aliphatic heterocycles. The molecule has 5 nitrogen and oxygen atoms in total. The van der Waals surface area contributed by atoms with Crippen LogP contribution in [0.3, 0.4) is 0 Å². The first-order valence-electron chi connectivity index (χ1n) is 8.77. The molecule has 1 amide bonds. The molecule has 3 aromatic carbocycles. The second kappa shape index (κ2) is 10.2. The van der Waals surface area contributed by atoms with Gasteiger partial charge in [0.1, 0.15) is 18.2 Å². The first-order chi connectivity index (χ1) is 14.1. The Morgan fingerprint density at radius 3 is 2.59 bits per heavy atom. The Kier molecular flexibility index (Phi) is 7.19. The summed E-state index contributed by atoms with van der Waals surface area (Å²) in [6.45, 7) is 0.0147. The number of carbonyl (C=O) groups is 1. The number of carbonyl (C=O) groups excluding carboxylic acids is 1. The van der Waals surface area contributed by atoms with Gasteiger partial charge in [0.25, 0.3) is 5.91 Å². The molecule has 0 unspecified atom stereocenters. The van der Waals surface area contributed by atoms with Crippen LogP contribution in [0, 0.1) is 5.82 Å². The molecule has 0 spiro atoms. The number of hydrogen-bond acceptors (Lipinski definition) is 4. The first kappa shape index (κ1) is 20.4. The molecular weight excluding hydrogens is 395 g/mol. The van der Waals surface area contributed by atoms with Crippen LogP contribution in [0.25, 0.3) is 0 Å². The zero-order chi connectivity index (χ0) is 20.5. The molecule has 7 heteroatoms. The van der Waals surface area contributed by atoms with Gasteiger partial charge in [-0.1, -0.05) is 47.1 Å². The van der Waals surface area contributed by atoms with Gasteiger partial charge in [-0.3, -0.25) is 4.79 Å². The number of nitrogens with zero attached hydrogens (tertiary/aromatic N) is 1. The topological polar surface area (TPSA) is 59.9 Å². The minimum atomic E-state index is -0.327. The van der Waals surface area contributed by atoms with Crippen molar-refractivity contribution < 1.29 is 18.8 Å². The highest BCUT2D eigenvalue weighted by atomic mass is 35.5. The summed E-state index contributed by atoms with van der Waals surface area (Å²) in [5.74, 6) is -0.103. The monoisotopic (exact) mass is 412 g/mol. The van der Waals surface area contributed by atoms with Crippen LogP contribution < -0.4 is 10.1 Å². The van der Waals surface area contributed by atoms with Crippen molar-refractivity contribution in [1.29, 1.82) is 0 Å². The molecule has 3 rings (SSSR count). The van der Waals surface area contributed by atoms with Gasteiger partial charge in [0, 0.05) is 16.3 Å². The number of para-hydroxylation sites is 1. The standard InChI is InChI=1S/C22H18ClFN2O3/c23-18-8-11-21(28-14-16-6-9-19(24)10-7-16)17(12-18)13-25-29-15-22(27)26-20-4-2-1-3-5-20/h1-13H,14-15H2,(H,26,27)/b25-13+. The van der Waals surface area contributed by atoms with Gasteiger partial charge >= 0.3 is 0 Å². The minimum Gasteiger partial charge on any atom is -0.488 e. The second-order valence-electron chi connectivity index (χ2n) is 6.02. The molecule has 0 aromatic heterocycles. The Labute approximate surface area is 172 Å². The number of ether oxygens (including phenoxy) is 1. The van der Waals surface area contributed by atoms with Gasteiger partial charge in [0.2, 0.25) is 0 Å². The smallest absolute Gasteiger partial charge is 0.265 e. The van der Waals surface area contributed by atoms with Crippen molar-refractivity contribution >= 4 is 29.4 Å².